The number of hydrogen-bond donors (Lipinski definition) is 1. The second-order valence-electron chi connectivity index (χ2n) is 4.34. The second kappa shape index (κ2) is 5.75. The van der Waals surface area contributed by atoms with Crippen molar-refractivity contribution in [1.82, 2.24) is 10.3 Å². The Hall–Kier alpha value is -1.22. The van der Waals surface area contributed by atoms with E-state index < -0.39 is 0 Å². The van der Waals surface area contributed by atoms with E-state index in [1.807, 2.05) is 12.1 Å². The van der Waals surface area contributed by atoms with Gasteiger partial charge in [0, 0.05) is 18.7 Å². The molecule has 1 unspecified atom stereocenters. The molecule has 0 spiro atoms. The molecule has 2 rings (SSSR count). The summed E-state index contributed by atoms with van der Waals surface area (Å²) in [7, 11) is 0. The minimum absolute atomic E-state index is 0.153. The Morgan fingerprint density at radius 2 is 2.31 bits per heavy atom. The molecular weight excluding hydrogens is 200 g/mol. The van der Waals surface area contributed by atoms with E-state index in [0.717, 1.165) is 13.0 Å². The zero-order valence-electron chi connectivity index (χ0n) is 9.48. The van der Waals surface area contributed by atoms with Crippen molar-refractivity contribution in [3.63, 3.8) is 0 Å². The van der Waals surface area contributed by atoms with Gasteiger partial charge >= 0.3 is 0 Å². The third-order valence-electron chi connectivity index (χ3n) is 3.04. The quantitative estimate of drug-likeness (QED) is 0.791. The summed E-state index contributed by atoms with van der Waals surface area (Å²) in [5.41, 5.74) is 0.591. The van der Waals surface area contributed by atoms with E-state index in [-0.39, 0.29) is 5.78 Å². The van der Waals surface area contributed by atoms with Crippen molar-refractivity contribution < 1.29 is 4.79 Å². The maximum Gasteiger partial charge on any atom is 0.182 e. The van der Waals surface area contributed by atoms with E-state index in [9.17, 15) is 4.79 Å². The molecular formula is C13H18N2O. The van der Waals surface area contributed by atoms with Gasteiger partial charge in [-0.1, -0.05) is 18.9 Å². The zero-order chi connectivity index (χ0) is 11.2. The molecule has 2 heterocycles. The number of nitrogens with zero attached hydrogens (tertiary/aromatic N) is 1. The van der Waals surface area contributed by atoms with Crippen LogP contribution in [0.4, 0.5) is 0 Å². The second-order valence-corrected chi connectivity index (χ2v) is 4.34. The fourth-order valence-electron chi connectivity index (χ4n) is 2.13. The minimum atomic E-state index is 0.153. The Morgan fingerprint density at radius 1 is 1.38 bits per heavy atom. The van der Waals surface area contributed by atoms with Gasteiger partial charge in [0.1, 0.15) is 5.69 Å². The lowest BCUT2D eigenvalue weighted by Crippen LogP contribution is -2.30. The normalized spacial score (nSPS) is 21.4. The molecule has 3 heteroatoms. The van der Waals surface area contributed by atoms with Crippen molar-refractivity contribution in [1.29, 1.82) is 0 Å². The molecule has 1 aromatic heterocycles. The Balaban J connectivity index is 1.91. The van der Waals surface area contributed by atoms with Crippen LogP contribution < -0.4 is 5.32 Å². The van der Waals surface area contributed by atoms with Gasteiger partial charge in [-0.2, -0.15) is 0 Å². The molecule has 0 radical (unpaired) electrons. The van der Waals surface area contributed by atoms with Crippen LogP contribution in [0.1, 0.15) is 42.6 Å². The molecule has 0 saturated carbocycles. The fourth-order valence-corrected chi connectivity index (χ4v) is 2.13. The van der Waals surface area contributed by atoms with Crippen LogP contribution in [0.15, 0.2) is 24.4 Å². The molecule has 1 aliphatic heterocycles. The van der Waals surface area contributed by atoms with Crippen molar-refractivity contribution in [2.75, 3.05) is 6.54 Å². The molecule has 1 fully saturated rings. The fraction of sp³-hybridized carbons (Fsp3) is 0.538. The maximum atomic E-state index is 11.9. The van der Waals surface area contributed by atoms with Gasteiger partial charge < -0.3 is 5.32 Å². The van der Waals surface area contributed by atoms with Crippen LogP contribution >= 0.6 is 0 Å². The summed E-state index contributed by atoms with van der Waals surface area (Å²) in [6.07, 6.45) is 7.10. The van der Waals surface area contributed by atoms with E-state index in [2.05, 4.69) is 10.3 Å². The highest BCUT2D eigenvalue weighted by atomic mass is 16.1. The van der Waals surface area contributed by atoms with Crippen LogP contribution in [0.2, 0.25) is 0 Å². The van der Waals surface area contributed by atoms with E-state index >= 15 is 0 Å². The van der Waals surface area contributed by atoms with E-state index in [1.54, 1.807) is 12.3 Å². The number of Topliss-reactive ketones (excluding diaryl/α,β-unsaturated/α-hetero) is 1. The largest absolute Gasteiger partial charge is 0.314 e. The monoisotopic (exact) mass is 218 g/mol. The van der Waals surface area contributed by atoms with E-state index in [1.165, 1.54) is 19.3 Å². The van der Waals surface area contributed by atoms with Gasteiger partial charge in [0.15, 0.2) is 5.78 Å². The Labute approximate surface area is 96.3 Å². The maximum absolute atomic E-state index is 11.9. The highest BCUT2D eigenvalue weighted by Crippen LogP contribution is 2.13. The summed E-state index contributed by atoms with van der Waals surface area (Å²) in [5.74, 6) is 0.153. The molecule has 1 aromatic rings. The highest BCUT2D eigenvalue weighted by molar-refractivity contribution is 5.94. The van der Waals surface area contributed by atoms with Crippen molar-refractivity contribution >= 4 is 5.78 Å². The van der Waals surface area contributed by atoms with E-state index in [4.69, 9.17) is 0 Å². The first kappa shape index (κ1) is 11.3. The smallest absolute Gasteiger partial charge is 0.182 e. The van der Waals surface area contributed by atoms with Crippen LogP contribution in [0.25, 0.3) is 0 Å². The number of hydrogen-bond acceptors (Lipinski definition) is 3. The van der Waals surface area contributed by atoms with Gasteiger partial charge in [-0.3, -0.25) is 9.78 Å². The number of rotatable bonds is 3. The molecule has 0 aliphatic carbocycles. The van der Waals surface area contributed by atoms with Gasteiger partial charge in [0.05, 0.1) is 0 Å². The lowest BCUT2D eigenvalue weighted by molar-refractivity contribution is 0.0963. The average molecular weight is 218 g/mol. The zero-order valence-corrected chi connectivity index (χ0v) is 9.48. The Morgan fingerprint density at radius 3 is 3.12 bits per heavy atom. The molecule has 0 bridgehead atoms. The molecule has 3 nitrogen and oxygen atoms in total. The van der Waals surface area contributed by atoms with Crippen molar-refractivity contribution in [3.8, 4) is 0 Å². The molecule has 1 atom stereocenters. The highest BCUT2D eigenvalue weighted by Gasteiger charge is 2.16. The predicted octanol–water partition coefficient (Wildman–Crippen LogP) is 2.19. The van der Waals surface area contributed by atoms with Crippen molar-refractivity contribution in [2.45, 2.75) is 38.1 Å². The van der Waals surface area contributed by atoms with Gasteiger partial charge in [0.25, 0.3) is 0 Å². The summed E-state index contributed by atoms with van der Waals surface area (Å²) in [6, 6.07) is 5.83. The first-order chi connectivity index (χ1) is 7.86. The molecule has 0 aromatic carbocycles. The number of ketones is 1. The number of nitrogens with one attached hydrogen (secondary N) is 1. The molecule has 1 aliphatic rings. The Kier molecular flexibility index (Phi) is 4.05. The van der Waals surface area contributed by atoms with Gasteiger partial charge in [0.2, 0.25) is 0 Å². The first-order valence-electron chi connectivity index (χ1n) is 6.04. The first-order valence-corrected chi connectivity index (χ1v) is 6.04. The minimum Gasteiger partial charge on any atom is -0.314 e. The average Bonchev–Trinajstić information content (AvgIpc) is 2.59. The molecule has 16 heavy (non-hydrogen) atoms. The number of carbonyl (C=O) groups is 1. The summed E-state index contributed by atoms with van der Waals surface area (Å²) in [4.78, 5) is 16.0. The van der Waals surface area contributed by atoms with Crippen LogP contribution in [-0.2, 0) is 0 Å². The SMILES string of the molecule is O=C(CC1CCCCCN1)c1ccccn1. The lowest BCUT2D eigenvalue weighted by atomic mass is 10.0. The van der Waals surface area contributed by atoms with Gasteiger partial charge in [-0.05, 0) is 31.5 Å². The van der Waals surface area contributed by atoms with Crippen molar-refractivity contribution in [3.05, 3.63) is 30.1 Å². The number of aromatic nitrogens is 1. The standard InChI is InChI=1S/C13H18N2O/c16-13(12-7-3-5-9-15-12)10-11-6-2-1-4-8-14-11/h3,5,7,9,11,14H,1-2,4,6,8,10H2. The third-order valence-corrected chi connectivity index (χ3v) is 3.04. The Bertz CT molecular complexity index is 329. The molecule has 1 saturated heterocycles. The number of pyridine rings is 1. The summed E-state index contributed by atoms with van der Waals surface area (Å²) < 4.78 is 0. The van der Waals surface area contributed by atoms with Gasteiger partial charge in [-0.25, -0.2) is 0 Å². The van der Waals surface area contributed by atoms with Gasteiger partial charge in [-0.15, -0.1) is 0 Å². The third kappa shape index (κ3) is 3.14. The van der Waals surface area contributed by atoms with Crippen LogP contribution in [0.5, 0.6) is 0 Å². The topological polar surface area (TPSA) is 42.0 Å². The summed E-state index contributed by atoms with van der Waals surface area (Å²) >= 11 is 0. The van der Waals surface area contributed by atoms with Crippen molar-refractivity contribution in [2.24, 2.45) is 0 Å². The van der Waals surface area contributed by atoms with Crippen LogP contribution in [0.3, 0.4) is 0 Å². The summed E-state index contributed by atoms with van der Waals surface area (Å²) in [5, 5.41) is 3.43. The lowest BCUT2D eigenvalue weighted by Gasteiger charge is -2.14. The molecule has 86 valence electrons. The molecule has 0 amide bonds. The summed E-state index contributed by atoms with van der Waals surface area (Å²) in [6.45, 7) is 1.04. The number of carbonyl (C=O) groups excluding carboxylic acids is 1. The van der Waals surface area contributed by atoms with E-state index in [0.29, 0.717) is 18.2 Å². The van der Waals surface area contributed by atoms with Crippen LogP contribution in [0, 0.1) is 0 Å². The van der Waals surface area contributed by atoms with Crippen LogP contribution in [-0.4, -0.2) is 23.4 Å². The predicted molar refractivity (Wildman–Crippen MR) is 63.4 cm³/mol. The molecule has 1 N–H and O–H groups in total.